The van der Waals surface area contributed by atoms with E-state index < -0.39 is 0 Å². The molecular weight excluding hydrogens is 480 g/mol. The van der Waals surface area contributed by atoms with Crippen molar-refractivity contribution in [2.45, 2.75) is 59.7 Å². The molecule has 0 fully saturated rings. The maximum Gasteiger partial charge on any atom is 0.256 e. The van der Waals surface area contributed by atoms with E-state index in [-0.39, 0.29) is 29.9 Å². The maximum absolute atomic E-state index is 12.8. The van der Waals surface area contributed by atoms with Crippen LogP contribution >= 0.6 is 0 Å². The molecule has 0 bridgehead atoms. The molecule has 1 aliphatic rings. The molecule has 0 saturated carbocycles. The number of hydrogen-bond donors (Lipinski definition) is 3. The largest absolute Gasteiger partial charge is 0.348 e. The fourth-order valence-electron chi connectivity index (χ4n) is 3.95. The highest BCUT2D eigenvalue weighted by atomic mass is 16.2. The Balaban J connectivity index is 1.96. The van der Waals surface area contributed by atoms with Gasteiger partial charge in [-0.1, -0.05) is 18.2 Å². The second kappa shape index (κ2) is 13.5. The van der Waals surface area contributed by atoms with Gasteiger partial charge < -0.3 is 10.6 Å². The number of carbonyl (C=O) groups excluding carboxylic acids is 2. The molecule has 38 heavy (non-hydrogen) atoms. The van der Waals surface area contributed by atoms with Crippen LogP contribution in [0.5, 0.6) is 0 Å². The summed E-state index contributed by atoms with van der Waals surface area (Å²) in [4.78, 5) is 40.3. The van der Waals surface area contributed by atoms with Crippen LogP contribution in [0.3, 0.4) is 0 Å². The van der Waals surface area contributed by atoms with Crippen LogP contribution in [0.25, 0.3) is 0 Å². The van der Waals surface area contributed by atoms with Crippen LogP contribution in [0.2, 0.25) is 0 Å². The summed E-state index contributed by atoms with van der Waals surface area (Å²) in [6, 6.07) is 6.64. The summed E-state index contributed by atoms with van der Waals surface area (Å²) in [5, 5.41) is 7.38. The summed E-state index contributed by atoms with van der Waals surface area (Å²) < 4.78 is 0. The van der Waals surface area contributed by atoms with Crippen molar-refractivity contribution in [3.05, 3.63) is 65.9 Å². The third kappa shape index (κ3) is 7.48. The van der Waals surface area contributed by atoms with Crippen molar-refractivity contribution in [3.8, 4) is 0 Å². The molecule has 1 aliphatic heterocycles. The molecule has 0 spiro atoms. The van der Waals surface area contributed by atoms with Crippen molar-refractivity contribution < 1.29 is 9.59 Å². The van der Waals surface area contributed by atoms with Crippen molar-refractivity contribution in [2.75, 3.05) is 18.4 Å². The number of rotatable bonds is 11. The minimum absolute atomic E-state index is 0.114. The molecule has 0 aliphatic carbocycles. The molecule has 1 aromatic heterocycles. The average Bonchev–Trinajstić information content (AvgIpc) is 2.89. The first-order chi connectivity index (χ1) is 18.2. The topological polar surface area (TPSA) is 115 Å². The fraction of sp³-hybridized carbons (Fsp3) is 0.393. The Kier molecular flexibility index (Phi) is 10.1. The van der Waals surface area contributed by atoms with E-state index >= 15 is 0 Å². The zero-order valence-corrected chi connectivity index (χ0v) is 22.9. The molecule has 0 radical (unpaired) electrons. The molecule has 2 heterocycles. The van der Waals surface area contributed by atoms with Crippen molar-refractivity contribution in [2.24, 2.45) is 4.99 Å². The van der Waals surface area contributed by atoms with Crippen LogP contribution in [0.4, 0.5) is 17.5 Å². The van der Waals surface area contributed by atoms with Crippen LogP contribution < -0.4 is 16.1 Å². The summed E-state index contributed by atoms with van der Waals surface area (Å²) in [6.45, 7) is 15.9. The Morgan fingerprint density at radius 3 is 2.71 bits per heavy atom. The number of amidine groups is 1. The van der Waals surface area contributed by atoms with Gasteiger partial charge in [-0.05, 0) is 70.4 Å². The van der Waals surface area contributed by atoms with Gasteiger partial charge in [-0.3, -0.25) is 24.9 Å². The number of nitrogens with one attached hydrogen (secondary N) is 3. The second-order valence-corrected chi connectivity index (χ2v) is 9.57. The molecular formula is C28H38N8O2. The summed E-state index contributed by atoms with van der Waals surface area (Å²) in [5.41, 5.74) is 6.64. The molecule has 3 N–H and O–H groups in total. The van der Waals surface area contributed by atoms with Crippen LogP contribution in [-0.2, 0) is 17.8 Å². The molecule has 10 nitrogen and oxygen atoms in total. The number of hydrogen-bond acceptors (Lipinski definition) is 7. The average molecular weight is 519 g/mol. The van der Waals surface area contributed by atoms with E-state index in [0.717, 1.165) is 25.2 Å². The van der Waals surface area contributed by atoms with Crippen molar-refractivity contribution in [1.82, 2.24) is 30.6 Å². The molecule has 10 heteroatoms. The molecule has 1 aromatic carbocycles. The standard InChI is InChI=1S/C28H38N8O2/c1-7-9-25(34-36(18-37)20(5)6)32-26-24(27(38)29-13-8-2)16-30-28(33-26)31-23-11-10-21-12-14-35(19(3)4)17-22(21)15-23/h7-11,15-16,18-20H,2,12-14,17H2,1,3-6H3,(H,29,38)(H2,30,31,32,33,34)/b9-7-. The van der Waals surface area contributed by atoms with Gasteiger partial charge in [0.25, 0.3) is 5.91 Å². The van der Waals surface area contributed by atoms with E-state index in [1.54, 1.807) is 18.2 Å². The van der Waals surface area contributed by atoms with Gasteiger partial charge in [0.05, 0.1) is 0 Å². The normalized spacial score (nSPS) is 13.9. The lowest BCUT2D eigenvalue weighted by atomic mass is 9.98. The smallest absolute Gasteiger partial charge is 0.256 e. The number of carbonyl (C=O) groups is 2. The number of allylic oxidation sites excluding steroid dienone is 1. The van der Waals surface area contributed by atoms with Gasteiger partial charge in [0, 0.05) is 43.6 Å². The lowest BCUT2D eigenvalue weighted by molar-refractivity contribution is -0.121. The highest BCUT2D eigenvalue weighted by Gasteiger charge is 2.19. The van der Waals surface area contributed by atoms with Crippen molar-refractivity contribution in [3.63, 3.8) is 0 Å². The van der Waals surface area contributed by atoms with Gasteiger partial charge in [0.15, 0.2) is 5.82 Å². The lowest BCUT2D eigenvalue weighted by Crippen LogP contribution is -2.44. The molecule has 3 rings (SSSR count). The quantitative estimate of drug-likeness (QED) is 0.136. The van der Waals surface area contributed by atoms with Gasteiger partial charge in [-0.2, -0.15) is 4.98 Å². The Morgan fingerprint density at radius 2 is 2.05 bits per heavy atom. The first-order valence-electron chi connectivity index (χ1n) is 12.9. The summed E-state index contributed by atoms with van der Waals surface area (Å²) >= 11 is 0. The minimum atomic E-state index is -0.381. The van der Waals surface area contributed by atoms with Crippen LogP contribution in [0.1, 0.15) is 56.1 Å². The summed E-state index contributed by atoms with van der Waals surface area (Å²) in [7, 11) is 0. The zero-order valence-electron chi connectivity index (χ0n) is 22.9. The van der Waals surface area contributed by atoms with E-state index in [1.807, 2.05) is 26.8 Å². The SMILES string of the molecule is C=CCNC(=O)c1cnc(Nc2ccc3c(c2)CN(C(C)C)CC3)nc1N=C(/C=C\C)NN(C=O)C(C)C. The number of aromatic nitrogens is 2. The van der Waals surface area contributed by atoms with E-state index in [9.17, 15) is 9.59 Å². The number of anilines is 2. The van der Waals surface area contributed by atoms with Gasteiger partial charge in [0.1, 0.15) is 11.4 Å². The molecule has 202 valence electrons. The first-order valence-corrected chi connectivity index (χ1v) is 12.9. The van der Waals surface area contributed by atoms with Gasteiger partial charge in [-0.25, -0.2) is 9.98 Å². The van der Waals surface area contributed by atoms with E-state index in [1.165, 1.54) is 22.3 Å². The van der Waals surface area contributed by atoms with E-state index in [4.69, 9.17) is 0 Å². The maximum atomic E-state index is 12.8. The highest BCUT2D eigenvalue weighted by Crippen LogP contribution is 2.26. The molecule has 0 atom stereocenters. The Bertz CT molecular complexity index is 1210. The van der Waals surface area contributed by atoms with Gasteiger partial charge >= 0.3 is 0 Å². The predicted molar refractivity (Wildman–Crippen MR) is 152 cm³/mol. The number of aliphatic imine (C=N–C) groups is 1. The summed E-state index contributed by atoms with van der Waals surface area (Å²) in [5.74, 6) is 0.423. The molecule has 2 aromatic rings. The predicted octanol–water partition coefficient (Wildman–Crippen LogP) is 3.88. The number of benzene rings is 1. The van der Waals surface area contributed by atoms with E-state index in [0.29, 0.717) is 24.2 Å². The zero-order chi connectivity index (χ0) is 27.7. The number of nitrogens with zero attached hydrogens (tertiary/aromatic N) is 5. The Labute approximate surface area is 224 Å². The van der Waals surface area contributed by atoms with Gasteiger partial charge in [-0.15, -0.1) is 6.58 Å². The lowest BCUT2D eigenvalue weighted by Gasteiger charge is -2.32. The molecule has 2 amide bonds. The third-order valence-corrected chi connectivity index (χ3v) is 6.12. The minimum Gasteiger partial charge on any atom is -0.348 e. The third-order valence-electron chi connectivity index (χ3n) is 6.12. The number of amides is 2. The van der Waals surface area contributed by atoms with E-state index in [2.05, 4.69) is 68.5 Å². The number of fused-ring (bicyclic) bond motifs is 1. The molecule has 0 saturated heterocycles. The van der Waals surface area contributed by atoms with Crippen molar-refractivity contribution in [1.29, 1.82) is 0 Å². The first kappa shape index (κ1) is 28.5. The van der Waals surface area contributed by atoms with Gasteiger partial charge in [0.2, 0.25) is 12.4 Å². The molecule has 0 unspecified atom stereocenters. The Hall–Kier alpha value is -4.05. The number of hydrazine groups is 1. The second-order valence-electron chi connectivity index (χ2n) is 9.57. The van der Waals surface area contributed by atoms with Crippen molar-refractivity contribution >= 4 is 35.6 Å². The highest BCUT2D eigenvalue weighted by molar-refractivity contribution is 6.01. The van der Waals surface area contributed by atoms with Crippen LogP contribution in [0, 0.1) is 0 Å². The summed E-state index contributed by atoms with van der Waals surface area (Å²) in [6.07, 6.45) is 8.21. The van der Waals surface area contributed by atoms with Crippen LogP contribution in [0.15, 0.2) is 54.2 Å². The fourth-order valence-corrected chi connectivity index (χ4v) is 3.95. The van der Waals surface area contributed by atoms with Crippen LogP contribution in [-0.4, -0.2) is 63.2 Å². The Morgan fingerprint density at radius 1 is 1.26 bits per heavy atom. The monoisotopic (exact) mass is 518 g/mol.